The molecule has 1 aromatic carbocycles. The smallest absolute Gasteiger partial charge is 0.306 e. The van der Waals surface area contributed by atoms with Gasteiger partial charge in [-0.05, 0) is 18.4 Å². The molecular formula is C15H20O4. The lowest BCUT2D eigenvalue weighted by molar-refractivity contribution is -0.165. The van der Waals surface area contributed by atoms with Crippen LogP contribution in [0, 0.1) is 5.41 Å². The second-order valence-corrected chi connectivity index (χ2v) is 5.27. The van der Waals surface area contributed by atoms with Crippen LogP contribution >= 0.6 is 0 Å². The lowest BCUT2D eigenvalue weighted by Crippen LogP contribution is -2.35. The summed E-state index contributed by atoms with van der Waals surface area (Å²) in [6.45, 7) is 0.233. The highest BCUT2D eigenvalue weighted by atomic mass is 16.5. The fourth-order valence-corrected chi connectivity index (χ4v) is 2.68. The molecule has 1 fully saturated rings. The van der Waals surface area contributed by atoms with Crippen molar-refractivity contribution in [3.05, 3.63) is 35.9 Å². The number of hydrogen-bond acceptors (Lipinski definition) is 4. The summed E-state index contributed by atoms with van der Waals surface area (Å²) in [7, 11) is 0. The Morgan fingerprint density at radius 1 is 1.21 bits per heavy atom. The SMILES string of the molecule is O=C(CC1(C(O)O)CCCC1)OCc1ccccc1. The molecule has 0 radical (unpaired) electrons. The number of carbonyl (C=O) groups is 1. The molecule has 104 valence electrons. The van der Waals surface area contributed by atoms with Crippen molar-refractivity contribution in [2.45, 2.75) is 45.0 Å². The molecule has 19 heavy (non-hydrogen) atoms. The van der Waals surface area contributed by atoms with Crippen LogP contribution in [0.25, 0.3) is 0 Å². The van der Waals surface area contributed by atoms with Gasteiger partial charge < -0.3 is 14.9 Å². The number of rotatable bonds is 5. The Balaban J connectivity index is 1.87. The van der Waals surface area contributed by atoms with Gasteiger partial charge in [-0.3, -0.25) is 4.79 Å². The molecule has 0 aromatic heterocycles. The van der Waals surface area contributed by atoms with E-state index in [1.807, 2.05) is 30.3 Å². The summed E-state index contributed by atoms with van der Waals surface area (Å²) < 4.78 is 5.20. The van der Waals surface area contributed by atoms with Gasteiger partial charge in [-0.1, -0.05) is 43.2 Å². The molecule has 1 aliphatic rings. The van der Waals surface area contributed by atoms with Crippen LogP contribution in [0.5, 0.6) is 0 Å². The van der Waals surface area contributed by atoms with Crippen molar-refractivity contribution in [2.24, 2.45) is 5.41 Å². The van der Waals surface area contributed by atoms with E-state index in [4.69, 9.17) is 4.74 Å². The minimum Gasteiger partial charge on any atom is -0.461 e. The highest BCUT2D eigenvalue weighted by Crippen LogP contribution is 2.43. The van der Waals surface area contributed by atoms with Crippen molar-refractivity contribution in [2.75, 3.05) is 0 Å². The van der Waals surface area contributed by atoms with E-state index in [0.717, 1.165) is 18.4 Å². The highest BCUT2D eigenvalue weighted by molar-refractivity contribution is 5.70. The summed E-state index contributed by atoms with van der Waals surface area (Å²) in [6.07, 6.45) is 1.85. The second kappa shape index (κ2) is 6.17. The average Bonchev–Trinajstić information content (AvgIpc) is 2.87. The monoisotopic (exact) mass is 264 g/mol. The Hall–Kier alpha value is -1.39. The normalized spacial score (nSPS) is 17.6. The summed E-state index contributed by atoms with van der Waals surface area (Å²) in [6, 6.07) is 9.46. The number of esters is 1. The van der Waals surface area contributed by atoms with E-state index in [-0.39, 0.29) is 19.0 Å². The van der Waals surface area contributed by atoms with Crippen LogP contribution in [0.1, 0.15) is 37.7 Å². The lowest BCUT2D eigenvalue weighted by atomic mass is 9.82. The minimum atomic E-state index is -1.45. The van der Waals surface area contributed by atoms with Crippen molar-refractivity contribution >= 4 is 5.97 Å². The molecule has 1 aromatic rings. The second-order valence-electron chi connectivity index (χ2n) is 5.27. The summed E-state index contributed by atoms with van der Waals surface area (Å²) >= 11 is 0. The van der Waals surface area contributed by atoms with Crippen LogP contribution in [-0.2, 0) is 16.1 Å². The first-order valence-electron chi connectivity index (χ1n) is 6.68. The van der Waals surface area contributed by atoms with E-state index in [0.29, 0.717) is 12.8 Å². The zero-order valence-corrected chi connectivity index (χ0v) is 10.9. The Bertz CT molecular complexity index is 407. The Morgan fingerprint density at radius 2 is 1.84 bits per heavy atom. The summed E-state index contributed by atoms with van der Waals surface area (Å²) in [5.74, 6) is -0.362. The Kier molecular flexibility index (Phi) is 4.56. The molecule has 4 heteroatoms. The maximum Gasteiger partial charge on any atom is 0.306 e. The number of aliphatic hydroxyl groups excluding tert-OH is 1. The molecule has 0 bridgehead atoms. The molecule has 2 N–H and O–H groups in total. The molecule has 0 atom stereocenters. The van der Waals surface area contributed by atoms with Crippen molar-refractivity contribution < 1.29 is 19.7 Å². The van der Waals surface area contributed by atoms with Crippen molar-refractivity contribution in [1.82, 2.24) is 0 Å². The zero-order chi connectivity index (χ0) is 13.7. The molecule has 0 unspecified atom stereocenters. The van der Waals surface area contributed by atoms with Gasteiger partial charge >= 0.3 is 5.97 Å². The Morgan fingerprint density at radius 3 is 2.42 bits per heavy atom. The van der Waals surface area contributed by atoms with E-state index < -0.39 is 11.7 Å². The summed E-state index contributed by atoms with van der Waals surface area (Å²) in [5.41, 5.74) is 0.231. The molecule has 0 aliphatic heterocycles. The molecule has 0 spiro atoms. The molecule has 4 nitrogen and oxygen atoms in total. The van der Waals surface area contributed by atoms with Crippen LogP contribution in [-0.4, -0.2) is 22.5 Å². The van der Waals surface area contributed by atoms with Crippen molar-refractivity contribution in [3.8, 4) is 0 Å². The molecule has 0 saturated heterocycles. The van der Waals surface area contributed by atoms with E-state index in [1.54, 1.807) is 0 Å². The van der Waals surface area contributed by atoms with E-state index in [1.165, 1.54) is 0 Å². The largest absolute Gasteiger partial charge is 0.461 e. The van der Waals surface area contributed by atoms with Gasteiger partial charge in [0.05, 0.1) is 6.42 Å². The van der Waals surface area contributed by atoms with Gasteiger partial charge in [0, 0.05) is 5.41 Å². The average molecular weight is 264 g/mol. The molecule has 0 amide bonds. The fourth-order valence-electron chi connectivity index (χ4n) is 2.68. The topological polar surface area (TPSA) is 66.8 Å². The van der Waals surface area contributed by atoms with E-state index in [2.05, 4.69) is 0 Å². The molecule has 0 heterocycles. The van der Waals surface area contributed by atoms with Gasteiger partial charge in [0.2, 0.25) is 0 Å². The molecule has 1 saturated carbocycles. The predicted molar refractivity (Wildman–Crippen MR) is 70.0 cm³/mol. The van der Waals surface area contributed by atoms with Gasteiger partial charge in [-0.15, -0.1) is 0 Å². The number of carbonyl (C=O) groups excluding carboxylic acids is 1. The maximum atomic E-state index is 11.8. The first-order valence-corrected chi connectivity index (χ1v) is 6.68. The van der Waals surface area contributed by atoms with Crippen LogP contribution in [0.15, 0.2) is 30.3 Å². The van der Waals surface area contributed by atoms with Crippen LogP contribution in [0.4, 0.5) is 0 Å². The third-order valence-electron chi connectivity index (χ3n) is 3.89. The number of benzene rings is 1. The van der Waals surface area contributed by atoms with Crippen LogP contribution < -0.4 is 0 Å². The van der Waals surface area contributed by atoms with Gasteiger partial charge in [0.15, 0.2) is 6.29 Å². The number of aliphatic hydroxyl groups is 2. The van der Waals surface area contributed by atoms with Crippen molar-refractivity contribution in [1.29, 1.82) is 0 Å². The van der Waals surface area contributed by atoms with Crippen LogP contribution in [0.2, 0.25) is 0 Å². The zero-order valence-electron chi connectivity index (χ0n) is 10.9. The summed E-state index contributed by atoms with van der Waals surface area (Å²) in [4.78, 5) is 11.8. The molecular weight excluding hydrogens is 244 g/mol. The lowest BCUT2D eigenvalue weighted by Gasteiger charge is -2.29. The minimum absolute atomic E-state index is 0.0809. The van der Waals surface area contributed by atoms with Gasteiger partial charge in [-0.2, -0.15) is 0 Å². The number of ether oxygens (including phenoxy) is 1. The highest BCUT2D eigenvalue weighted by Gasteiger charge is 2.42. The third kappa shape index (κ3) is 3.55. The van der Waals surface area contributed by atoms with Gasteiger partial charge in [-0.25, -0.2) is 0 Å². The molecule has 1 aliphatic carbocycles. The third-order valence-corrected chi connectivity index (χ3v) is 3.89. The standard InChI is InChI=1S/C15H20O4/c16-13(19-11-12-6-2-1-3-7-12)10-15(14(17)18)8-4-5-9-15/h1-3,6-7,14,17-18H,4-5,8-11H2. The number of hydrogen-bond donors (Lipinski definition) is 2. The first-order chi connectivity index (χ1) is 9.12. The Labute approximate surface area is 113 Å². The molecule has 2 rings (SSSR count). The first kappa shape index (κ1) is 14.0. The fraction of sp³-hybridized carbons (Fsp3) is 0.533. The van der Waals surface area contributed by atoms with Crippen molar-refractivity contribution in [3.63, 3.8) is 0 Å². The summed E-state index contributed by atoms with van der Waals surface area (Å²) in [5, 5.41) is 19.0. The quantitative estimate of drug-likeness (QED) is 0.630. The van der Waals surface area contributed by atoms with Gasteiger partial charge in [0.1, 0.15) is 6.61 Å². The van der Waals surface area contributed by atoms with E-state index in [9.17, 15) is 15.0 Å². The van der Waals surface area contributed by atoms with Crippen LogP contribution in [0.3, 0.4) is 0 Å². The van der Waals surface area contributed by atoms with E-state index >= 15 is 0 Å². The predicted octanol–water partition coefficient (Wildman–Crippen LogP) is 1.99. The van der Waals surface area contributed by atoms with Gasteiger partial charge in [0.25, 0.3) is 0 Å². The maximum absolute atomic E-state index is 11.8.